The summed E-state index contributed by atoms with van der Waals surface area (Å²) in [6.45, 7) is 7.29. The van der Waals surface area contributed by atoms with Crippen molar-refractivity contribution in [3.63, 3.8) is 0 Å². The molecule has 1 atom stereocenters. The predicted molar refractivity (Wildman–Crippen MR) is 114 cm³/mol. The lowest BCUT2D eigenvalue weighted by Gasteiger charge is -2.26. The number of hydrogen-bond donors (Lipinski definition) is 1. The summed E-state index contributed by atoms with van der Waals surface area (Å²) in [6.07, 6.45) is 5.02. The molecule has 1 aliphatic heterocycles. The third-order valence-corrected chi connectivity index (χ3v) is 7.47. The number of fused-ring (bicyclic) bond motifs is 1. The summed E-state index contributed by atoms with van der Waals surface area (Å²) in [5, 5.41) is 3.07. The van der Waals surface area contributed by atoms with Crippen LogP contribution in [0.3, 0.4) is 0 Å². The Morgan fingerprint density at radius 1 is 1.17 bits per heavy atom. The minimum Gasteiger partial charge on any atom is -0.349 e. The van der Waals surface area contributed by atoms with Crippen LogP contribution < -0.4 is 10.7 Å². The molecule has 0 saturated carbocycles. The van der Waals surface area contributed by atoms with E-state index in [2.05, 4.69) is 5.32 Å². The molecular formula is C21H29N3O4S. The van der Waals surface area contributed by atoms with Crippen molar-refractivity contribution < 1.29 is 13.2 Å². The SMILES string of the molecule is CC[C@@H](C)NC(=O)c1cn(CC)c2ccc(S(=O)(=O)N3CCCCC3)cc2c1=O. The predicted octanol–water partition coefficient (Wildman–Crippen LogP) is 2.72. The molecule has 2 aromatic rings. The summed E-state index contributed by atoms with van der Waals surface area (Å²) in [4.78, 5) is 25.8. The number of hydrogen-bond acceptors (Lipinski definition) is 4. The number of benzene rings is 1. The first-order valence-corrected chi connectivity index (χ1v) is 11.7. The van der Waals surface area contributed by atoms with Crippen molar-refractivity contribution in [3.8, 4) is 0 Å². The first kappa shape index (κ1) is 21.5. The minimum atomic E-state index is -3.66. The molecule has 1 fully saturated rings. The Morgan fingerprint density at radius 3 is 2.48 bits per heavy atom. The fourth-order valence-electron chi connectivity index (χ4n) is 3.62. The largest absolute Gasteiger partial charge is 0.349 e. The molecule has 1 aliphatic rings. The van der Waals surface area contributed by atoms with E-state index in [-0.39, 0.29) is 21.9 Å². The lowest BCUT2D eigenvalue weighted by molar-refractivity contribution is 0.0937. The minimum absolute atomic E-state index is 0.0344. The maximum atomic E-state index is 13.1. The van der Waals surface area contributed by atoms with Crippen LogP contribution in [-0.4, -0.2) is 42.3 Å². The van der Waals surface area contributed by atoms with Crippen molar-refractivity contribution in [1.82, 2.24) is 14.2 Å². The number of carbonyl (C=O) groups is 1. The zero-order valence-corrected chi connectivity index (χ0v) is 18.1. The van der Waals surface area contributed by atoms with Gasteiger partial charge in [0.05, 0.1) is 10.4 Å². The molecule has 1 aromatic carbocycles. The van der Waals surface area contributed by atoms with Crippen LogP contribution in [0.2, 0.25) is 0 Å². The van der Waals surface area contributed by atoms with Gasteiger partial charge in [0.25, 0.3) is 5.91 Å². The van der Waals surface area contributed by atoms with Gasteiger partial charge in [0.2, 0.25) is 15.5 Å². The van der Waals surface area contributed by atoms with Gasteiger partial charge in [-0.3, -0.25) is 9.59 Å². The average molecular weight is 420 g/mol. The molecule has 0 radical (unpaired) electrons. The van der Waals surface area contributed by atoms with E-state index in [0.717, 1.165) is 25.7 Å². The van der Waals surface area contributed by atoms with Gasteiger partial charge >= 0.3 is 0 Å². The van der Waals surface area contributed by atoms with E-state index in [1.807, 2.05) is 20.8 Å². The zero-order chi connectivity index (χ0) is 21.2. The molecule has 158 valence electrons. The summed E-state index contributed by atoms with van der Waals surface area (Å²) >= 11 is 0. The molecule has 0 unspecified atom stereocenters. The molecule has 1 aromatic heterocycles. The lowest BCUT2D eigenvalue weighted by atomic mass is 10.1. The molecule has 1 saturated heterocycles. The number of nitrogens with one attached hydrogen (secondary N) is 1. The van der Waals surface area contributed by atoms with Crippen LogP contribution in [0.5, 0.6) is 0 Å². The second-order valence-corrected chi connectivity index (χ2v) is 9.52. The highest BCUT2D eigenvalue weighted by molar-refractivity contribution is 7.89. The van der Waals surface area contributed by atoms with Crippen molar-refractivity contribution in [3.05, 3.63) is 40.2 Å². The normalized spacial score (nSPS) is 16.7. The first-order chi connectivity index (χ1) is 13.8. The van der Waals surface area contributed by atoms with Crippen molar-refractivity contribution in [2.75, 3.05) is 13.1 Å². The van der Waals surface area contributed by atoms with Crippen molar-refractivity contribution in [1.29, 1.82) is 0 Å². The standard InChI is InChI=1S/C21H29N3O4S/c1-4-15(3)22-21(26)18-14-23(5-2)19-10-9-16(13-17(19)20(18)25)29(27,28)24-11-7-6-8-12-24/h9-10,13-15H,4-8,11-12H2,1-3H3,(H,22,26)/t15-/m1/s1. The highest BCUT2D eigenvalue weighted by Crippen LogP contribution is 2.23. The average Bonchev–Trinajstić information content (AvgIpc) is 2.74. The van der Waals surface area contributed by atoms with Crippen molar-refractivity contribution in [2.45, 2.75) is 63.9 Å². The lowest BCUT2D eigenvalue weighted by Crippen LogP contribution is -2.36. The van der Waals surface area contributed by atoms with E-state index in [1.165, 1.54) is 10.4 Å². The van der Waals surface area contributed by atoms with Crippen LogP contribution >= 0.6 is 0 Å². The molecule has 0 bridgehead atoms. The second kappa shape index (κ2) is 8.67. The number of sulfonamides is 1. The third kappa shape index (κ3) is 4.23. The Morgan fingerprint density at radius 2 is 1.86 bits per heavy atom. The Balaban J connectivity index is 2.12. The van der Waals surface area contributed by atoms with Gasteiger partial charge in [-0.15, -0.1) is 0 Å². The number of amides is 1. The van der Waals surface area contributed by atoms with Gasteiger partial charge in [-0.25, -0.2) is 8.42 Å². The Hall–Kier alpha value is -2.19. The third-order valence-electron chi connectivity index (χ3n) is 5.58. The molecule has 0 spiro atoms. The second-order valence-electron chi connectivity index (χ2n) is 7.58. The molecule has 3 rings (SSSR count). The summed E-state index contributed by atoms with van der Waals surface area (Å²) in [7, 11) is -3.66. The molecule has 1 N–H and O–H groups in total. The Kier molecular flexibility index (Phi) is 6.43. The van der Waals surface area contributed by atoms with E-state index in [0.29, 0.717) is 25.2 Å². The molecular weight excluding hydrogens is 390 g/mol. The van der Waals surface area contributed by atoms with Crippen LogP contribution in [0.15, 0.2) is 34.1 Å². The van der Waals surface area contributed by atoms with Gasteiger partial charge in [-0.2, -0.15) is 4.31 Å². The molecule has 1 amide bonds. The number of pyridine rings is 1. The first-order valence-electron chi connectivity index (χ1n) is 10.3. The number of aromatic nitrogens is 1. The highest BCUT2D eigenvalue weighted by atomic mass is 32.2. The molecule has 29 heavy (non-hydrogen) atoms. The number of aryl methyl sites for hydroxylation is 1. The van der Waals surface area contributed by atoms with Gasteiger partial charge in [0.1, 0.15) is 5.56 Å². The number of nitrogens with zero attached hydrogens (tertiary/aromatic N) is 2. The molecule has 8 heteroatoms. The highest BCUT2D eigenvalue weighted by Gasteiger charge is 2.27. The topological polar surface area (TPSA) is 88.5 Å². The quantitative estimate of drug-likeness (QED) is 0.780. The van der Waals surface area contributed by atoms with Gasteiger partial charge in [0, 0.05) is 37.3 Å². The maximum Gasteiger partial charge on any atom is 0.256 e. The summed E-state index contributed by atoms with van der Waals surface area (Å²) in [6, 6.07) is 4.58. The monoisotopic (exact) mass is 419 g/mol. The van der Waals surface area contributed by atoms with Gasteiger partial charge in [0.15, 0.2) is 0 Å². The molecule has 7 nitrogen and oxygen atoms in total. The molecule has 2 heterocycles. The van der Waals surface area contributed by atoms with E-state index in [4.69, 9.17) is 0 Å². The number of piperidine rings is 1. The fraction of sp³-hybridized carbons (Fsp3) is 0.524. The van der Waals surface area contributed by atoms with Crippen LogP contribution in [0.25, 0.3) is 10.9 Å². The summed E-state index contributed by atoms with van der Waals surface area (Å²) in [5.41, 5.74) is 0.212. The van der Waals surface area contributed by atoms with Crippen LogP contribution in [0.4, 0.5) is 0 Å². The number of carbonyl (C=O) groups excluding carboxylic acids is 1. The van der Waals surface area contributed by atoms with Crippen molar-refractivity contribution >= 4 is 26.8 Å². The van der Waals surface area contributed by atoms with Crippen LogP contribution in [0.1, 0.15) is 56.8 Å². The summed E-state index contributed by atoms with van der Waals surface area (Å²) in [5.74, 6) is -0.433. The van der Waals surface area contributed by atoms with E-state index in [9.17, 15) is 18.0 Å². The van der Waals surface area contributed by atoms with E-state index >= 15 is 0 Å². The van der Waals surface area contributed by atoms with Gasteiger partial charge in [-0.1, -0.05) is 13.3 Å². The van der Waals surface area contributed by atoms with E-state index < -0.39 is 21.4 Å². The maximum absolute atomic E-state index is 13.1. The van der Waals surface area contributed by atoms with Gasteiger partial charge in [-0.05, 0) is 51.3 Å². The van der Waals surface area contributed by atoms with E-state index in [1.54, 1.807) is 22.9 Å². The Bertz CT molecular complexity index is 1070. The van der Waals surface area contributed by atoms with Crippen molar-refractivity contribution in [2.24, 2.45) is 0 Å². The molecule has 0 aliphatic carbocycles. The van der Waals surface area contributed by atoms with Gasteiger partial charge < -0.3 is 9.88 Å². The number of rotatable bonds is 6. The summed E-state index contributed by atoms with van der Waals surface area (Å²) < 4.78 is 29.4. The van der Waals surface area contributed by atoms with Crippen LogP contribution in [-0.2, 0) is 16.6 Å². The Labute approximate surface area is 171 Å². The zero-order valence-electron chi connectivity index (χ0n) is 17.3. The smallest absolute Gasteiger partial charge is 0.256 e. The van der Waals surface area contributed by atoms with Crippen LogP contribution in [0, 0.1) is 0 Å². The fourth-order valence-corrected chi connectivity index (χ4v) is 5.16.